The van der Waals surface area contributed by atoms with E-state index in [0.29, 0.717) is 23.6 Å². The zero-order valence-electron chi connectivity index (χ0n) is 19.6. The lowest BCUT2D eigenvalue weighted by molar-refractivity contribution is -0.686. The molecule has 176 valence electrons. The van der Waals surface area contributed by atoms with Crippen molar-refractivity contribution in [3.8, 4) is 34.3 Å². The highest BCUT2D eigenvalue weighted by atomic mass is 16.7. The van der Waals surface area contributed by atoms with Crippen LogP contribution < -0.4 is 28.8 Å². The summed E-state index contributed by atoms with van der Waals surface area (Å²) in [5, 5.41) is 5.05. The molecule has 0 saturated heterocycles. The van der Waals surface area contributed by atoms with Gasteiger partial charge in [-0.1, -0.05) is 18.2 Å². The minimum atomic E-state index is -0.122. The van der Waals surface area contributed by atoms with Crippen LogP contribution in [0.4, 0.5) is 0 Å². The maximum absolute atomic E-state index is 12.9. The lowest BCUT2D eigenvalue weighted by Crippen LogP contribution is -2.42. The molecule has 0 saturated carbocycles. The van der Waals surface area contributed by atoms with Crippen molar-refractivity contribution in [2.45, 2.75) is 19.5 Å². The number of carbonyl (C=O) groups is 1. The van der Waals surface area contributed by atoms with E-state index in [2.05, 4.69) is 28.2 Å². The van der Waals surface area contributed by atoms with Gasteiger partial charge in [0.25, 0.3) is 5.91 Å². The summed E-state index contributed by atoms with van der Waals surface area (Å²) in [5.41, 5.74) is 4.97. The average molecular weight is 470 g/mol. The van der Waals surface area contributed by atoms with E-state index in [9.17, 15) is 4.79 Å². The highest BCUT2D eigenvalue weighted by Crippen LogP contribution is 2.43. The largest absolute Gasteiger partial charge is 0.493 e. The molecule has 1 aromatic heterocycles. The number of hydrogen-bond acceptors (Lipinski definition) is 5. The number of carbonyl (C=O) groups excluding carboxylic acids is 1. The van der Waals surface area contributed by atoms with Gasteiger partial charge in [0, 0.05) is 17.4 Å². The second kappa shape index (κ2) is 8.51. The number of pyridine rings is 1. The van der Waals surface area contributed by atoms with Crippen molar-refractivity contribution in [2.24, 2.45) is 0 Å². The third-order valence-electron chi connectivity index (χ3n) is 6.70. The SMILES string of the molecule is COc1ccc2c(CNC(=O)c3ccccc3)c3[n+](cc2c1OC)CCc1cc2c(cc1-3)OCO2. The first-order valence-electron chi connectivity index (χ1n) is 11.5. The van der Waals surface area contributed by atoms with Crippen molar-refractivity contribution in [1.82, 2.24) is 5.32 Å². The van der Waals surface area contributed by atoms with E-state index in [1.165, 1.54) is 5.56 Å². The number of hydrogen-bond donors (Lipinski definition) is 1. The van der Waals surface area contributed by atoms with E-state index in [4.69, 9.17) is 18.9 Å². The van der Waals surface area contributed by atoms with E-state index in [1.54, 1.807) is 14.2 Å². The third-order valence-corrected chi connectivity index (χ3v) is 6.70. The number of nitrogens with one attached hydrogen (secondary N) is 1. The number of rotatable bonds is 5. The molecule has 0 fully saturated rings. The van der Waals surface area contributed by atoms with Crippen LogP contribution in [0.25, 0.3) is 22.0 Å². The summed E-state index contributed by atoms with van der Waals surface area (Å²) in [4.78, 5) is 12.9. The molecule has 0 bridgehead atoms. The van der Waals surface area contributed by atoms with Crippen LogP contribution in [0.2, 0.25) is 0 Å². The Bertz CT molecular complexity index is 1470. The van der Waals surface area contributed by atoms with Crippen molar-refractivity contribution in [3.63, 3.8) is 0 Å². The van der Waals surface area contributed by atoms with Gasteiger partial charge in [-0.3, -0.25) is 4.79 Å². The van der Waals surface area contributed by atoms with Crippen LogP contribution in [0.5, 0.6) is 23.0 Å². The molecule has 1 N–H and O–H groups in total. The summed E-state index contributed by atoms with van der Waals surface area (Å²) in [6.45, 7) is 1.37. The first kappa shape index (κ1) is 21.3. The maximum Gasteiger partial charge on any atom is 0.251 e. The summed E-state index contributed by atoms with van der Waals surface area (Å²) in [6, 6.07) is 17.3. The topological polar surface area (TPSA) is 69.9 Å². The Morgan fingerprint density at radius 3 is 2.57 bits per heavy atom. The summed E-state index contributed by atoms with van der Waals surface area (Å²) in [6.07, 6.45) is 2.97. The first-order chi connectivity index (χ1) is 17.2. The summed E-state index contributed by atoms with van der Waals surface area (Å²) >= 11 is 0. The van der Waals surface area contributed by atoms with Crippen molar-refractivity contribution in [1.29, 1.82) is 0 Å². The average Bonchev–Trinajstić information content (AvgIpc) is 3.36. The Labute approximate surface area is 202 Å². The first-order valence-corrected chi connectivity index (χ1v) is 11.5. The number of methoxy groups -OCH3 is 2. The molecule has 35 heavy (non-hydrogen) atoms. The van der Waals surface area contributed by atoms with Crippen molar-refractivity contribution >= 4 is 16.7 Å². The molecule has 0 radical (unpaired) electrons. The van der Waals surface area contributed by atoms with Crippen LogP contribution in [0.1, 0.15) is 21.5 Å². The fraction of sp³-hybridized carbons (Fsp3) is 0.214. The molecule has 7 heteroatoms. The highest BCUT2D eigenvalue weighted by molar-refractivity contribution is 5.97. The number of fused-ring (bicyclic) bond motifs is 5. The second-order valence-corrected chi connectivity index (χ2v) is 8.57. The lowest BCUT2D eigenvalue weighted by Gasteiger charge is -2.21. The number of benzene rings is 3. The lowest BCUT2D eigenvalue weighted by atomic mass is 9.91. The molecule has 0 atom stereocenters. The summed E-state index contributed by atoms with van der Waals surface area (Å²) in [7, 11) is 3.28. The normalized spacial score (nSPS) is 13.2. The molecule has 7 nitrogen and oxygen atoms in total. The number of ether oxygens (including phenoxy) is 4. The van der Waals surface area contributed by atoms with Gasteiger partial charge in [-0.2, -0.15) is 4.57 Å². The Balaban J connectivity index is 1.54. The van der Waals surface area contributed by atoms with Gasteiger partial charge in [0.2, 0.25) is 12.5 Å². The Morgan fingerprint density at radius 1 is 1.00 bits per heavy atom. The van der Waals surface area contributed by atoms with Gasteiger partial charge >= 0.3 is 0 Å². The Hall–Kier alpha value is -4.26. The van der Waals surface area contributed by atoms with E-state index < -0.39 is 0 Å². The quantitative estimate of drug-likeness (QED) is 0.447. The maximum atomic E-state index is 12.9. The molecular formula is C28H25N2O5+. The van der Waals surface area contributed by atoms with Gasteiger partial charge in [0.05, 0.1) is 37.3 Å². The summed E-state index contributed by atoms with van der Waals surface area (Å²) in [5.74, 6) is 2.74. The molecule has 4 aromatic rings. The zero-order valence-corrected chi connectivity index (χ0v) is 19.6. The van der Waals surface area contributed by atoms with Gasteiger partial charge in [0.1, 0.15) is 0 Å². The standard InChI is InChI=1S/C28H24N2O5/c1-32-23-9-8-19-21(14-29-28(31)17-6-4-3-5-7-17)26-20-13-25-24(34-16-35-25)12-18(20)10-11-30(26)15-22(19)27(23)33-2/h3-9,12-13,15H,10-11,14,16H2,1-2H3/p+1. The van der Waals surface area contributed by atoms with Crippen molar-refractivity contribution in [3.05, 3.63) is 77.5 Å². The van der Waals surface area contributed by atoms with Crippen LogP contribution in [0.3, 0.4) is 0 Å². The monoisotopic (exact) mass is 469 g/mol. The number of aromatic nitrogens is 1. The van der Waals surface area contributed by atoms with Crippen LogP contribution in [-0.2, 0) is 19.5 Å². The third kappa shape index (κ3) is 3.51. The minimum Gasteiger partial charge on any atom is -0.493 e. The molecular weight excluding hydrogens is 444 g/mol. The zero-order chi connectivity index (χ0) is 23.9. The fourth-order valence-electron chi connectivity index (χ4n) is 5.05. The molecule has 3 aromatic carbocycles. The van der Waals surface area contributed by atoms with Crippen LogP contribution in [0, 0.1) is 0 Å². The van der Waals surface area contributed by atoms with Crippen molar-refractivity contribution in [2.75, 3.05) is 21.0 Å². The second-order valence-electron chi connectivity index (χ2n) is 8.57. The smallest absolute Gasteiger partial charge is 0.251 e. The Kier molecular flexibility index (Phi) is 5.17. The van der Waals surface area contributed by atoms with Gasteiger partial charge < -0.3 is 24.3 Å². The molecule has 0 aliphatic carbocycles. The molecule has 0 spiro atoms. The Morgan fingerprint density at radius 2 is 1.80 bits per heavy atom. The van der Waals surface area contributed by atoms with Gasteiger partial charge in [-0.25, -0.2) is 0 Å². The van der Waals surface area contributed by atoms with Crippen LogP contribution in [0.15, 0.2) is 60.8 Å². The minimum absolute atomic E-state index is 0.122. The van der Waals surface area contributed by atoms with Gasteiger partial charge in [-0.05, 0) is 42.0 Å². The molecule has 2 aliphatic rings. The van der Waals surface area contributed by atoms with Crippen molar-refractivity contribution < 1.29 is 28.3 Å². The van der Waals surface area contributed by atoms with E-state index in [0.717, 1.165) is 52.1 Å². The van der Waals surface area contributed by atoms with Gasteiger partial charge in [0.15, 0.2) is 35.7 Å². The molecule has 3 heterocycles. The highest BCUT2D eigenvalue weighted by Gasteiger charge is 2.32. The van der Waals surface area contributed by atoms with E-state index in [-0.39, 0.29) is 12.7 Å². The fourth-order valence-corrected chi connectivity index (χ4v) is 5.05. The molecule has 0 unspecified atom stereocenters. The van der Waals surface area contributed by atoms with Crippen LogP contribution >= 0.6 is 0 Å². The van der Waals surface area contributed by atoms with Crippen LogP contribution in [-0.4, -0.2) is 26.9 Å². The van der Waals surface area contributed by atoms with E-state index in [1.807, 2.05) is 42.5 Å². The van der Waals surface area contributed by atoms with E-state index >= 15 is 0 Å². The molecule has 2 aliphatic heterocycles. The summed E-state index contributed by atoms with van der Waals surface area (Å²) < 4.78 is 24.9. The van der Waals surface area contributed by atoms with Gasteiger partial charge in [-0.15, -0.1) is 0 Å². The predicted molar refractivity (Wildman–Crippen MR) is 130 cm³/mol. The molecule has 1 amide bonds. The molecule has 6 rings (SSSR count). The number of amides is 1. The number of nitrogens with zero attached hydrogens (tertiary/aromatic N) is 1. The number of aryl methyl sites for hydroxylation is 2. The predicted octanol–water partition coefficient (Wildman–Crippen LogP) is 4.03.